The molecule has 0 bridgehead atoms. The Balaban J connectivity index is 0.000000845. The van der Waals surface area contributed by atoms with Crippen molar-refractivity contribution in [3.05, 3.63) is 12.2 Å². The van der Waals surface area contributed by atoms with Gasteiger partial charge in [-0.05, 0) is 0 Å². The van der Waals surface area contributed by atoms with Crippen LogP contribution in [-0.2, 0) is 6.42 Å². The Labute approximate surface area is 74.5 Å². The van der Waals surface area contributed by atoms with E-state index in [1.807, 2.05) is 6.92 Å². The van der Waals surface area contributed by atoms with Gasteiger partial charge < -0.3 is 16.2 Å². The Morgan fingerprint density at radius 3 is 2.92 bits per heavy atom. The van der Waals surface area contributed by atoms with Crippen LogP contribution in [0.15, 0.2) is 6.33 Å². The van der Waals surface area contributed by atoms with Gasteiger partial charge in [-0.1, -0.05) is 6.92 Å². The SMILES string of the molecule is CCc1nc(N)c2[nH]cnc2n1.O. The van der Waals surface area contributed by atoms with E-state index in [0.29, 0.717) is 17.0 Å². The fourth-order valence-corrected chi connectivity index (χ4v) is 1.06. The number of aryl methyl sites for hydroxylation is 1. The molecule has 70 valence electrons. The minimum atomic E-state index is 0. The molecule has 2 aromatic heterocycles. The van der Waals surface area contributed by atoms with Crippen molar-refractivity contribution in [2.75, 3.05) is 5.73 Å². The third-order valence-corrected chi connectivity index (χ3v) is 1.68. The highest BCUT2D eigenvalue weighted by Gasteiger charge is 2.04. The first-order valence-electron chi connectivity index (χ1n) is 3.76. The lowest BCUT2D eigenvalue weighted by Crippen LogP contribution is -1.99. The second-order valence-corrected chi connectivity index (χ2v) is 2.48. The van der Waals surface area contributed by atoms with Crippen LogP contribution in [0.25, 0.3) is 11.2 Å². The molecule has 0 aliphatic rings. The number of nitrogens with zero attached hydrogens (tertiary/aromatic N) is 3. The van der Waals surface area contributed by atoms with Gasteiger partial charge in [-0.3, -0.25) is 0 Å². The highest BCUT2D eigenvalue weighted by Crippen LogP contribution is 2.12. The van der Waals surface area contributed by atoms with Crippen molar-refractivity contribution in [1.29, 1.82) is 0 Å². The highest BCUT2D eigenvalue weighted by atomic mass is 16.0. The normalized spacial score (nSPS) is 9.92. The molecule has 0 spiro atoms. The molecule has 2 aromatic rings. The number of hydrogen-bond donors (Lipinski definition) is 2. The van der Waals surface area contributed by atoms with Crippen molar-refractivity contribution in [1.82, 2.24) is 19.9 Å². The number of nitrogens with one attached hydrogen (secondary N) is 1. The smallest absolute Gasteiger partial charge is 0.183 e. The van der Waals surface area contributed by atoms with Gasteiger partial charge in [0, 0.05) is 6.42 Å². The van der Waals surface area contributed by atoms with Gasteiger partial charge in [-0.2, -0.15) is 0 Å². The van der Waals surface area contributed by atoms with Crippen molar-refractivity contribution < 1.29 is 5.48 Å². The lowest BCUT2D eigenvalue weighted by atomic mass is 10.4. The van der Waals surface area contributed by atoms with Gasteiger partial charge in [-0.15, -0.1) is 0 Å². The van der Waals surface area contributed by atoms with Crippen LogP contribution in [0.4, 0.5) is 5.82 Å². The average Bonchev–Trinajstić information content (AvgIpc) is 2.52. The number of anilines is 1. The molecule has 13 heavy (non-hydrogen) atoms. The molecular weight excluding hydrogens is 170 g/mol. The first kappa shape index (κ1) is 9.40. The predicted octanol–water partition coefficient (Wildman–Crippen LogP) is -0.327. The van der Waals surface area contributed by atoms with Gasteiger partial charge in [0.2, 0.25) is 0 Å². The lowest BCUT2D eigenvalue weighted by molar-refractivity contribution is 0.824. The molecule has 0 saturated heterocycles. The van der Waals surface area contributed by atoms with Crippen LogP contribution in [0, 0.1) is 0 Å². The zero-order valence-corrected chi connectivity index (χ0v) is 7.20. The fourth-order valence-electron chi connectivity index (χ4n) is 1.06. The van der Waals surface area contributed by atoms with Gasteiger partial charge in [0.15, 0.2) is 11.5 Å². The first-order chi connectivity index (χ1) is 5.81. The largest absolute Gasteiger partial charge is 0.412 e. The van der Waals surface area contributed by atoms with Crippen molar-refractivity contribution in [2.24, 2.45) is 0 Å². The van der Waals surface area contributed by atoms with E-state index < -0.39 is 0 Å². The van der Waals surface area contributed by atoms with Crippen LogP contribution in [0.2, 0.25) is 0 Å². The average molecular weight is 181 g/mol. The quantitative estimate of drug-likeness (QED) is 0.627. The second-order valence-electron chi connectivity index (χ2n) is 2.48. The van der Waals surface area contributed by atoms with Gasteiger partial charge >= 0.3 is 0 Å². The van der Waals surface area contributed by atoms with Crippen LogP contribution in [-0.4, -0.2) is 25.4 Å². The first-order valence-corrected chi connectivity index (χ1v) is 3.76. The summed E-state index contributed by atoms with van der Waals surface area (Å²) in [7, 11) is 0. The maximum Gasteiger partial charge on any atom is 0.183 e. The maximum absolute atomic E-state index is 5.65. The Kier molecular flexibility index (Phi) is 2.43. The topological polar surface area (TPSA) is 112 Å². The maximum atomic E-state index is 5.65. The molecule has 6 nitrogen and oxygen atoms in total. The molecule has 0 fully saturated rings. The number of aromatic nitrogens is 4. The minimum Gasteiger partial charge on any atom is -0.412 e. The standard InChI is InChI=1S/C7H9N5.H2O/c1-2-4-11-6(8)5-7(12-4)10-3-9-5;/h3H,2H2,1H3,(H3,8,9,10,11,12);1H2. The van der Waals surface area contributed by atoms with Crippen molar-refractivity contribution in [3.8, 4) is 0 Å². The highest BCUT2D eigenvalue weighted by molar-refractivity contribution is 5.80. The molecule has 0 radical (unpaired) electrons. The number of hydrogen-bond acceptors (Lipinski definition) is 4. The number of H-pyrrole nitrogens is 1. The van der Waals surface area contributed by atoms with Crippen molar-refractivity contribution in [3.63, 3.8) is 0 Å². The Morgan fingerprint density at radius 2 is 2.23 bits per heavy atom. The zero-order chi connectivity index (χ0) is 8.55. The van der Waals surface area contributed by atoms with E-state index in [1.54, 1.807) is 6.33 Å². The summed E-state index contributed by atoms with van der Waals surface area (Å²) in [5.74, 6) is 1.20. The molecular formula is C7H11N5O. The Bertz CT molecular complexity index is 410. The van der Waals surface area contributed by atoms with E-state index in [0.717, 1.165) is 12.2 Å². The molecule has 2 heterocycles. The van der Waals surface area contributed by atoms with E-state index in [9.17, 15) is 0 Å². The summed E-state index contributed by atoms with van der Waals surface area (Å²) in [5.41, 5.74) is 7.01. The van der Waals surface area contributed by atoms with Gasteiger partial charge in [0.05, 0.1) is 6.33 Å². The van der Waals surface area contributed by atoms with Crippen molar-refractivity contribution >= 4 is 17.0 Å². The second kappa shape index (κ2) is 3.36. The summed E-state index contributed by atoms with van der Waals surface area (Å²) in [6.07, 6.45) is 2.34. The van der Waals surface area contributed by atoms with Crippen LogP contribution >= 0.6 is 0 Å². The summed E-state index contributed by atoms with van der Waals surface area (Å²) < 4.78 is 0. The van der Waals surface area contributed by atoms with E-state index in [-0.39, 0.29) is 5.48 Å². The van der Waals surface area contributed by atoms with E-state index in [4.69, 9.17) is 5.73 Å². The van der Waals surface area contributed by atoms with Gasteiger partial charge in [-0.25, -0.2) is 15.0 Å². The number of nitrogen functional groups attached to an aromatic ring is 1. The van der Waals surface area contributed by atoms with Crippen molar-refractivity contribution in [2.45, 2.75) is 13.3 Å². The number of fused-ring (bicyclic) bond motifs is 1. The molecule has 0 atom stereocenters. The minimum absolute atomic E-state index is 0. The molecule has 0 aliphatic heterocycles. The molecule has 0 aromatic carbocycles. The molecule has 0 aliphatic carbocycles. The molecule has 0 saturated carbocycles. The molecule has 5 N–H and O–H groups in total. The Morgan fingerprint density at radius 1 is 1.46 bits per heavy atom. The number of aromatic amines is 1. The van der Waals surface area contributed by atoms with Gasteiger partial charge in [0.1, 0.15) is 11.3 Å². The monoisotopic (exact) mass is 181 g/mol. The summed E-state index contributed by atoms with van der Waals surface area (Å²) >= 11 is 0. The van der Waals surface area contributed by atoms with Crippen LogP contribution in [0.5, 0.6) is 0 Å². The molecule has 0 amide bonds. The van der Waals surface area contributed by atoms with Crippen LogP contribution in [0.3, 0.4) is 0 Å². The van der Waals surface area contributed by atoms with E-state index >= 15 is 0 Å². The number of rotatable bonds is 1. The number of imidazole rings is 1. The summed E-state index contributed by atoms with van der Waals surface area (Å²) in [6.45, 7) is 1.98. The molecule has 0 unspecified atom stereocenters. The lowest BCUT2D eigenvalue weighted by Gasteiger charge is -1.97. The predicted molar refractivity (Wildman–Crippen MR) is 49.1 cm³/mol. The van der Waals surface area contributed by atoms with Crippen LogP contribution < -0.4 is 5.73 Å². The van der Waals surface area contributed by atoms with Gasteiger partial charge in [0.25, 0.3) is 0 Å². The van der Waals surface area contributed by atoms with Crippen LogP contribution in [0.1, 0.15) is 12.7 Å². The molecule has 6 heteroatoms. The summed E-state index contributed by atoms with van der Waals surface area (Å²) in [4.78, 5) is 15.1. The Hall–Kier alpha value is -1.69. The summed E-state index contributed by atoms with van der Waals surface area (Å²) in [5, 5.41) is 0. The fraction of sp³-hybridized carbons (Fsp3) is 0.286. The zero-order valence-electron chi connectivity index (χ0n) is 7.20. The number of nitrogens with two attached hydrogens (primary N) is 1. The van der Waals surface area contributed by atoms with E-state index in [2.05, 4.69) is 19.9 Å². The van der Waals surface area contributed by atoms with E-state index in [1.165, 1.54) is 0 Å². The molecule has 2 rings (SSSR count). The third-order valence-electron chi connectivity index (χ3n) is 1.68. The summed E-state index contributed by atoms with van der Waals surface area (Å²) in [6, 6.07) is 0. The third kappa shape index (κ3) is 1.43.